The van der Waals surface area contributed by atoms with Gasteiger partial charge in [0, 0.05) is 33.1 Å². The van der Waals surface area contributed by atoms with Crippen molar-refractivity contribution in [3.05, 3.63) is 77.4 Å². The topological polar surface area (TPSA) is 79.7 Å². The van der Waals surface area contributed by atoms with Gasteiger partial charge in [-0.25, -0.2) is 13.8 Å². The molecule has 3 aromatic rings. The van der Waals surface area contributed by atoms with Crippen molar-refractivity contribution in [1.82, 2.24) is 4.98 Å². The number of carbonyl (C=O) groups is 1. The molecule has 3 saturated carbocycles. The van der Waals surface area contributed by atoms with Crippen LogP contribution in [-0.2, 0) is 0 Å². The number of hydrogen-bond donors (Lipinski definition) is 2. The van der Waals surface area contributed by atoms with E-state index in [2.05, 4.69) is 32.1 Å². The number of halogens is 2. The maximum absolute atomic E-state index is 14.5. The fourth-order valence-electron chi connectivity index (χ4n) is 10.8. The van der Waals surface area contributed by atoms with Crippen molar-refractivity contribution in [2.24, 2.45) is 33.5 Å². The minimum Gasteiger partial charge on any atom is -0.494 e. The Labute approximate surface area is 282 Å². The van der Waals surface area contributed by atoms with Gasteiger partial charge in [0.2, 0.25) is 0 Å². The molecule has 1 heterocycles. The summed E-state index contributed by atoms with van der Waals surface area (Å²) in [6, 6.07) is 9.35. The Morgan fingerprint density at radius 1 is 1.02 bits per heavy atom. The van der Waals surface area contributed by atoms with Crippen molar-refractivity contribution >= 4 is 39.1 Å². The molecule has 2 N–H and O–H groups in total. The van der Waals surface area contributed by atoms with Gasteiger partial charge >= 0.3 is 0 Å². The first-order valence-electron chi connectivity index (χ1n) is 16.9. The first-order valence-corrected chi connectivity index (χ1v) is 18.7. The summed E-state index contributed by atoms with van der Waals surface area (Å²) >= 11 is 3.21. The lowest BCUT2D eigenvalue weighted by Crippen LogP contribution is -2.67. The molecule has 3 fully saturated rings. The molecule has 5 nitrogen and oxygen atoms in total. The van der Waals surface area contributed by atoms with Gasteiger partial charge < -0.3 is 14.9 Å². The van der Waals surface area contributed by atoms with Gasteiger partial charge in [0.05, 0.1) is 28.5 Å². The van der Waals surface area contributed by atoms with Crippen molar-refractivity contribution in [2.45, 2.75) is 81.8 Å². The molecule has 2 aromatic carbocycles. The Kier molecular flexibility index (Phi) is 7.21. The second-order valence-corrected chi connectivity index (χ2v) is 17.4. The third kappa shape index (κ3) is 4.31. The van der Waals surface area contributed by atoms with Crippen LogP contribution in [0.25, 0.3) is 10.2 Å². The second-order valence-electron chi connectivity index (χ2n) is 15.1. The molecule has 0 amide bonds. The highest BCUT2D eigenvalue weighted by molar-refractivity contribution is 8.01. The third-order valence-electron chi connectivity index (χ3n) is 13.2. The number of thioether (sulfide) groups is 1. The molecule has 8 atom stereocenters. The van der Waals surface area contributed by atoms with E-state index in [0.29, 0.717) is 30.8 Å². The molecule has 1 aromatic heterocycles. The lowest BCUT2D eigenvalue weighted by molar-refractivity contribution is -0.166. The fraction of sp³-hybridized carbons (Fsp3) is 0.526. The summed E-state index contributed by atoms with van der Waals surface area (Å²) in [7, 11) is 0. The normalized spacial score (nSPS) is 38.5. The van der Waals surface area contributed by atoms with E-state index in [9.17, 15) is 23.8 Å². The van der Waals surface area contributed by atoms with E-state index in [0.717, 1.165) is 64.5 Å². The number of nitrogens with zero attached hydrogens (tertiary/aromatic N) is 1. The first kappa shape index (κ1) is 31.7. The van der Waals surface area contributed by atoms with Crippen LogP contribution in [0.4, 0.5) is 8.78 Å². The van der Waals surface area contributed by atoms with E-state index in [-0.39, 0.29) is 28.6 Å². The number of benzene rings is 2. The minimum absolute atomic E-state index is 0.0258. The molecule has 9 heteroatoms. The number of carbonyl (C=O) groups excluding carboxylic acids is 1. The van der Waals surface area contributed by atoms with Crippen molar-refractivity contribution in [2.75, 3.05) is 12.4 Å². The highest BCUT2D eigenvalue weighted by Gasteiger charge is 2.74. The van der Waals surface area contributed by atoms with E-state index in [4.69, 9.17) is 9.72 Å². The van der Waals surface area contributed by atoms with Crippen LogP contribution < -0.4 is 4.74 Å². The lowest BCUT2D eigenvalue weighted by Gasteiger charge is -2.71. The fourth-order valence-corrected chi connectivity index (χ4v) is 13.2. The van der Waals surface area contributed by atoms with Crippen molar-refractivity contribution < 1.29 is 28.5 Å². The molecule has 9 rings (SSSR count). The number of aliphatic hydroxyl groups is 2. The van der Waals surface area contributed by atoms with E-state index in [1.807, 2.05) is 25.1 Å². The van der Waals surface area contributed by atoms with E-state index >= 15 is 0 Å². The van der Waals surface area contributed by atoms with Crippen LogP contribution in [0.2, 0.25) is 0 Å². The number of hydrogen-bond acceptors (Lipinski definition) is 7. The largest absolute Gasteiger partial charge is 0.494 e. The van der Waals surface area contributed by atoms with Crippen LogP contribution in [-0.4, -0.2) is 45.0 Å². The Hall–Kier alpha value is -2.59. The van der Waals surface area contributed by atoms with Crippen molar-refractivity contribution in [3.63, 3.8) is 0 Å². The van der Waals surface area contributed by atoms with Gasteiger partial charge in [0.15, 0.2) is 21.8 Å². The summed E-state index contributed by atoms with van der Waals surface area (Å²) in [5, 5.41) is 23.5. The summed E-state index contributed by atoms with van der Waals surface area (Å²) < 4.78 is 36.1. The number of fused-ring (bicyclic) bond motifs is 2. The zero-order valence-corrected chi connectivity index (χ0v) is 28.7. The number of aliphatic hydroxyl groups excluding tert-OH is 1. The van der Waals surface area contributed by atoms with Gasteiger partial charge in [0.25, 0.3) is 0 Å². The van der Waals surface area contributed by atoms with Crippen LogP contribution in [0.5, 0.6) is 5.75 Å². The molecule has 2 bridgehead atoms. The predicted octanol–water partition coefficient (Wildman–Crippen LogP) is 8.54. The van der Waals surface area contributed by atoms with E-state index < -0.39 is 39.6 Å². The van der Waals surface area contributed by atoms with E-state index in [1.165, 1.54) is 6.07 Å². The van der Waals surface area contributed by atoms with E-state index in [1.54, 1.807) is 23.1 Å². The molecule has 2 spiro atoms. The number of Topliss-reactive ketones (excluding diaryl/α,β-unsaturated/α-hetero) is 1. The standard InChI is InChI=1S/C38H41F2NO4S2/c1-4-45-24-6-8-28-29(18-24)47-33(41-28)46-21-37(44)14-11-31-35(37,3)13-10-30-34(2)12-9-23(42)19-36(34)15-16-38(30,31)25(20-36)32(43)22-5-7-26(39)27(40)17-22/h5-8,15-18,20,23,30-31,42,44H,4,9-14,19,21H2,1-3H3/t23?,30-,31-,34-,35+,36+,37-,38-/m1/s1. The zero-order valence-electron chi connectivity index (χ0n) is 27.0. The second kappa shape index (κ2) is 10.7. The summed E-state index contributed by atoms with van der Waals surface area (Å²) in [5.74, 6) is -0.893. The minimum atomic E-state index is -1.04. The molecule has 6 aliphatic carbocycles. The van der Waals surface area contributed by atoms with Gasteiger partial charge in [-0.1, -0.05) is 43.8 Å². The summed E-state index contributed by atoms with van der Waals surface area (Å²) in [6.45, 7) is 7.10. The van der Waals surface area contributed by atoms with Gasteiger partial charge in [-0.3, -0.25) is 4.79 Å². The number of allylic oxidation sites excluding steroid dienone is 4. The van der Waals surface area contributed by atoms with Crippen LogP contribution in [0.15, 0.2) is 64.5 Å². The van der Waals surface area contributed by atoms with Gasteiger partial charge in [0.1, 0.15) is 5.75 Å². The summed E-state index contributed by atoms with van der Waals surface area (Å²) in [5.41, 5.74) is -1.12. The highest BCUT2D eigenvalue weighted by Crippen LogP contribution is 2.78. The highest BCUT2D eigenvalue weighted by atomic mass is 32.2. The third-order valence-corrected chi connectivity index (χ3v) is 15.6. The summed E-state index contributed by atoms with van der Waals surface area (Å²) in [6.07, 6.45) is 11.3. The monoisotopic (exact) mass is 677 g/mol. The Morgan fingerprint density at radius 2 is 1.79 bits per heavy atom. The first-order chi connectivity index (χ1) is 22.4. The zero-order chi connectivity index (χ0) is 33.0. The SMILES string of the molecule is CCOc1ccc2nc(SC[C@]3(O)CC[C@H]4[C@]56C=C[C@@]7(C=C5C(=O)c5ccc(F)c(F)c5)CC(O)CC[C@]7(C)[C@H]6CC[C@@]43C)sc2c1. The molecule has 0 saturated heterocycles. The summed E-state index contributed by atoms with van der Waals surface area (Å²) in [4.78, 5) is 19.4. The number of aromatic nitrogens is 1. The number of thiazole rings is 1. The number of ketones is 1. The molecular formula is C38H41F2NO4S2. The van der Waals surface area contributed by atoms with Gasteiger partial charge in [-0.15, -0.1) is 11.3 Å². The maximum Gasteiger partial charge on any atom is 0.189 e. The van der Waals surface area contributed by atoms with Gasteiger partial charge in [-0.05, 0) is 106 Å². The molecule has 47 heavy (non-hydrogen) atoms. The van der Waals surface area contributed by atoms with Crippen LogP contribution >= 0.6 is 23.1 Å². The lowest BCUT2D eigenvalue weighted by atomic mass is 9.32. The predicted molar refractivity (Wildman–Crippen MR) is 181 cm³/mol. The number of ether oxygens (including phenoxy) is 1. The average molecular weight is 678 g/mol. The van der Waals surface area contributed by atoms with Crippen molar-refractivity contribution in [1.29, 1.82) is 0 Å². The molecule has 0 radical (unpaired) electrons. The quantitative estimate of drug-likeness (QED) is 0.148. The number of rotatable bonds is 7. The Balaban J connectivity index is 1.17. The molecule has 6 aliphatic rings. The molecule has 0 aliphatic heterocycles. The smallest absolute Gasteiger partial charge is 0.189 e. The van der Waals surface area contributed by atoms with Crippen molar-refractivity contribution in [3.8, 4) is 5.75 Å². The van der Waals surface area contributed by atoms with Crippen LogP contribution in [0.1, 0.15) is 76.1 Å². The Morgan fingerprint density at radius 3 is 2.57 bits per heavy atom. The van der Waals surface area contributed by atoms with Crippen LogP contribution in [0, 0.1) is 45.1 Å². The van der Waals surface area contributed by atoms with Crippen LogP contribution in [0.3, 0.4) is 0 Å². The molecule has 248 valence electrons. The molecular weight excluding hydrogens is 637 g/mol. The van der Waals surface area contributed by atoms with Gasteiger partial charge in [-0.2, -0.15) is 0 Å². The maximum atomic E-state index is 14.5. The Bertz CT molecular complexity index is 1860. The molecule has 1 unspecified atom stereocenters. The average Bonchev–Trinajstić information content (AvgIpc) is 3.58.